The highest BCUT2D eigenvalue weighted by atomic mass is 32.2. The van der Waals surface area contributed by atoms with Gasteiger partial charge in [-0.15, -0.1) is 0 Å². The van der Waals surface area contributed by atoms with Gasteiger partial charge in [0.1, 0.15) is 5.76 Å². The number of aromatic nitrogens is 1. The van der Waals surface area contributed by atoms with E-state index in [1.807, 2.05) is 152 Å². The maximum Gasteiger partial charge on any atom is 0.267 e. The molecule has 0 radical (unpaired) electrons. The van der Waals surface area contributed by atoms with Crippen molar-refractivity contribution < 1.29 is 14.0 Å². The van der Waals surface area contributed by atoms with E-state index in [1.165, 1.54) is 23.5 Å². The smallest absolute Gasteiger partial charge is 0.267 e. The highest BCUT2D eigenvalue weighted by Gasteiger charge is 2.35. The summed E-state index contributed by atoms with van der Waals surface area (Å²) in [6, 6.07) is 47.3. The highest BCUT2D eigenvalue weighted by molar-refractivity contribution is 8.19. The third-order valence-corrected chi connectivity index (χ3v) is 11.3. The van der Waals surface area contributed by atoms with Gasteiger partial charge >= 0.3 is 0 Å². The Balaban J connectivity index is 1.03. The summed E-state index contributed by atoms with van der Waals surface area (Å²) < 4.78 is 5.59. The van der Waals surface area contributed by atoms with Gasteiger partial charge in [0.15, 0.2) is 10.3 Å². The van der Waals surface area contributed by atoms with Crippen molar-refractivity contribution in [3.05, 3.63) is 190 Å². The molecule has 0 spiro atoms. The summed E-state index contributed by atoms with van der Waals surface area (Å²) in [4.78, 5) is 45.5. The molecule has 4 heterocycles. The van der Waals surface area contributed by atoms with E-state index in [2.05, 4.69) is 17.1 Å². The van der Waals surface area contributed by atoms with Crippen molar-refractivity contribution in [2.45, 2.75) is 13.1 Å². The molecule has 0 atom stereocenters. The second kappa shape index (κ2) is 15.6. The summed E-state index contributed by atoms with van der Waals surface area (Å²) in [7, 11) is 0. The first-order valence-electron chi connectivity index (χ1n) is 18.0. The van der Waals surface area contributed by atoms with Crippen molar-refractivity contribution in [3.8, 4) is 11.1 Å². The second-order valence-electron chi connectivity index (χ2n) is 13.2. The van der Waals surface area contributed by atoms with Gasteiger partial charge in [-0.2, -0.15) is 0 Å². The number of hydrogen-bond acceptors (Lipinski definition) is 7. The van der Waals surface area contributed by atoms with Crippen LogP contribution in [-0.2, 0) is 22.7 Å². The SMILES string of the molecule is O=C1/C(=C/c2ccccc2)SC(=Nc2cccc(-c3c[nH]c4ccc(/C=C5\SC(=Nc6ccccc6)N(Cc6ccco6)C5=O)cc34)c2)N1Cc1ccccc1. The summed E-state index contributed by atoms with van der Waals surface area (Å²) in [5.74, 6) is 0.476. The van der Waals surface area contributed by atoms with E-state index >= 15 is 0 Å². The molecule has 2 fully saturated rings. The quantitative estimate of drug-likeness (QED) is 0.148. The number of fused-ring (bicyclic) bond motifs is 1. The zero-order valence-electron chi connectivity index (χ0n) is 29.9. The van der Waals surface area contributed by atoms with Gasteiger partial charge in [-0.3, -0.25) is 19.4 Å². The molecule has 2 aliphatic heterocycles. The largest absolute Gasteiger partial charge is 0.467 e. The number of nitrogens with one attached hydrogen (secondary N) is 1. The molecule has 2 aromatic heterocycles. The van der Waals surface area contributed by atoms with Crippen molar-refractivity contribution >= 4 is 80.1 Å². The predicted octanol–water partition coefficient (Wildman–Crippen LogP) is 11.0. The van der Waals surface area contributed by atoms with Crippen molar-refractivity contribution in [2.75, 3.05) is 0 Å². The molecule has 1 N–H and O–H groups in total. The molecule has 5 aromatic carbocycles. The lowest BCUT2D eigenvalue weighted by molar-refractivity contribution is -0.123. The predicted molar refractivity (Wildman–Crippen MR) is 228 cm³/mol. The Kier molecular flexibility index (Phi) is 9.79. The summed E-state index contributed by atoms with van der Waals surface area (Å²) in [5, 5.41) is 2.23. The van der Waals surface area contributed by atoms with Crippen LogP contribution in [0.15, 0.2) is 182 Å². The van der Waals surface area contributed by atoms with Crippen LogP contribution in [0, 0.1) is 0 Å². The van der Waals surface area contributed by atoms with Crippen LogP contribution in [0.3, 0.4) is 0 Å². The van der Waals surface area contributed by atoms with Crippen molar-refractivity contribution in [1.29, 1.82) is 0 Å². The monoisotopic (exact) mass is 767 g/mol. The van der Waals surface area contributed by atoms with E-state index < -0.39 is 0 Å². The van der Waals surface area contributed by atoms with Gasteiger partial charge in [0.2, 0.25) is 0 Å². The van der Waals surface area contributed by atoms with Crippen LogP contribution < -0.4 is 0 Å². The molecular weight excluding hydrogens is 735 g/mol. The lowest BCUT2D eigenvalue weighted by Gasteiger charge is -2.15. The molecule has 7 aromatic rings. The number of thioether (sulfide) groups is 2. The third kappa shape index (κ3) is 7.52. The van der Waals surface area contributed by atoms with Crippen molar-refractivity contribution in [3.63, 3.8) is 0 Å². The van der Waals surface area contributed by atoms with E-state index in [9.17, 15) is 9.59 Å². The first-order chi connectivity index (χ1) is 27.5. The number of furan rings is 1. The molecule has 0 saturated carbocycles. The Morgan fingerprint density at radius 2 is 1.25 bits per heavy atom. The van der Waals surface area contributed by atoms with Gasteiger partial charge in [-0.05, 0) is 106 Å². The van der Waals surface area contributed by atoms with E-state index in [0.29, 0.717) is 32.5 Å². The van der Waals surface area contributed by atoms with Gasteiger partial charge in [0, 0.05) is 22.7 Å². The molecule has 2 saturated heterocycles. The summed E-state index contributed by atoms with van der Waals surface area (Å²) in [6.07, 6.45) is 7.45. The van der Waals surface area contributed by atoms with Crippen LogP contribution in [-0.4, -0.2) is 36.9 Å². The van der Waals surface area contributed by atoms with E-state index in [0.717, 1.165) is 50.1 Å². The van der Waals surface area contributed by atoms with Crippen LogP contribution >= 0.6 is 23.5 Å². The first-order valence-corrected chi connectivity index (χ1v) is 19.7. The van der Waals surface area contributed by atoms with Crippen molar-refractivity contribution in [1.82, 2.24) is 14.8 Å². The maximum absolute atomic E-state index is 13.8. The van der Waals surface area contributed by atoms with Crippen molar-refractivity contribution in [2.24, 2.45) is 9.98 Å². The fourth-order valence-corrected chi connectivity index (χ4v) is 8.57. The average molecular weight is 768 g/mol. The Bertz CT molecular complexity index is 2690. The van der Waals surface area contributed by atoms with Crippen LogP contribution in [0.1, 0.15) is 22.5 Å². The number of aliphatic imine (C=N–C) groups is 2. The number of amidine groups is 2. The van der Waals surface area contributed by atoms with E-state index in [1.54, 1.807) is 16.1 Å². The lowest BCUT2D eigenvalue weighted by atomic mass is 10.0. The van der Waals surface area contributed by atoms with Crippen LogP contribution in [0.5, 0.6) is 0 Å². The molecule has 0 bridgehead atoms. The molecule has 2 amide bonds. The summed E-state index contributed by atoms with van der Waals surface area (Å²) in [5.41, 5.74) is 7.32. The molecule has 56 heavy (non-hydrogen) atoms. The highest BCUT2D eigenvalue weighted by Crippen LogP contribution is 2.39. The molecule has 0 unspecified atom stereocenters. The molecule has 10 heteroatoms. The molecule has 272 valence electrons. The topological polar surface area (TPSA) is 94.3 Å². The summed E-state index contributed by atoms with van der Waals surface area (Å²) in [6.45, 7) is 0.698. The minimum atomic E-state index is -0.131. The Labute approximate surface area is 332 Å². The van der Waals surface area contributed by atoms with Gasteiger partial charge in [-0.25, -0.2) is 9.98 Å². The molecule has 0 aliphatic carbocycles. The second-order valence-corrected chi connectivity index (χ2v) is 15.2. The van der Waals surface area contributed by atoms with Crippen LogP contribution in [0.2, 0.25) is 0 Å². The minimum absolute atomic E-state index is 0.0719. The number of benzene rings is 5. The third-order valence-electron chi connectivity index (χ3n) is 9.32. The van der Waals surface area contributed by atoms with Crippen LogP contribution in [0.25, 0.3) is 34.2 Å². The fraction of sp³-hybridized carbons (Fsp3) is 0.0435. The summed E-state index contributed by atoms with van der Waals surface area (Å²) >= 11 is 2.74. The number of amides is 2. The van der Waals surface area contributed by atoms with Gasteiger partial charge < -0.3 is 9.40 Å². The fourth-order valence-electron chi connectivity index (χ4n) is 6.57. The number of aromatic amines is 1. The van der Waals surface area contributed by atoms with Gasteiger partial charge in [0.05, 0.1) is 40.5 Å². The number of nitrogens with zero attached hydrogens (tertiary/aromatic N) is 4. The average Bonchev–Trinajstić information content (AvgIpc) is 4.02. The Hall–Kier alpha value is -6.62. The minimum Gasteiger partial charge on any atom is -0.467 e. The number of carbonyl (C=O) groups is 2. The van der Waals surface area contributed by atoms with Gasteiger partial charge in [-0.1, -0.05) is 97.1 Å². The maximum atomic E-state index is 13.8. The first kappa shape index (κ1) is 35.1. The number of rotatable bonds is 9. The Morgan fingerprint density at radius 3 is 1.96 bits per heavy atom. The zero-order valence-corrected chi connectivity index (χ0v) is 31.5. The van der Waals surface area contributed by atoms with Gasteiger partial charge in [0.25, 0.3) is 11.8 Å². The zero-order chi connectivity index (χ0) is 37.8. The standard InChI is InChI=1S/C46H33N5O3S2/c52-43-41(25-31-12-4-1-5-13-31)55-46(50(43)29-32-14-6-2-7-15-32)49-36-19-10-16-34(27-36)39-28-47-40-22-21-33(24-38(39)40)26-42-44(53)51(30-37-20-11-23-54-37)45(56-42)48-35-17-8-3-9-18-35/h1-28,47H,29-30H2/b41-25-,42-26-,48-45?,49-46?. The number of hydrogen-bond donors (Lipinski definition) is 1. The van der Waals surface area contributed by atoms with Crippen LogP contribution in [0.4, 0.5) is 11.4 Å². The molecule has 8 nitrogen and oxygen atoms in total. The molecular formula is C46H33N5O3S2. The number of para-hydroxylation sites is 1. The number of H-pyrrole nitrogens is 1. The molecule has 9 rings (SSSR count). The lowest BCUT2D eigenvalue weighted by Crippen LogP contribution is -2.28. The van der Waals surface area contributed by atoms with E-state index in [-0.39, 0.29) is 18.4 Å². The van der Waals surface area contributed by atoms with E-state index in [4.69, 9.17) is 14.4 Å². The molecule has 2 aliphatic rings. The Morgan fingerprint density at radius 1 is 0.607 bits per heavy atom. The normalized spacial score (nSPS) is 17.4. The number of carbonyl (C=O) groups excluding carboxylic acids is 2.